The maximum atomic E-state index is 12.3. The Morgan fingerprint density at radius 2 is 1.79 bits per heavy atom. The summed E-state index contributed by atoms with van der Waals surface area (Å²) in [6.45, 7) is 0. The summed E-state index contributed by atoms with van der Waals surface area (Å²) < 4.78 is 5.21. The molecule has 0 spiro atoms. The number of carbonyl (C=O) groups is 2. The topological polar surface area (TPSA) is 80.3 Å². The first kappa shape index (κ1) is 20.1. The highest BCUT2D eigenvalue weighted by molar-refractivity contribution is 7.14. The van der Waals surface area contributed by atoms with Crippen molar-refractivity contribution in [3.05, 3.63) is 69.1 Å². The third-order valence-electron chi connectivity index (χ3n) is 3.66. The zero-order valence-electron chi connectivity index (χ0n) is 14.7. The van der Waals surface area contributed by atoms with Gasteiger partial charge < -0.3 is 10.1 Å². The molecular formula is C19H15Cl2N3O3S. The van der Waals surface area contributed by atoms with Crippen LogP contribution in [0.4, 0.5) is 10.8 Å². The molecule has 0 aliphatic heterocycles. The van der Waals surface area contributed by atoms with Gasteiger partial charge in [-0.2, -0.15) is 0 Å². The molecule has 144 valence electrons. The second-order valence-electron chi connectivity index (χ2n) is 5.67. The van der Waals surface area contributed by atoms with Crippen molar-refractivity contribution < 1.29 is 14.3 Å². The molecule has 2 aromatic carbocycles. The summed E-state index contributed by atoms with van der Waals surface area (Å²) in [6.07, 6.45) is 0.0446. The molecule has 0 aliphatic carbocycles. The molecule has 0 fully saturated rings. The summed E-state index contributed by atoms with van der Waals surface area (Å²) >= 11 is 13.0. The van der Waals surface area contributed by atoms with Gasteiger partial charge in [0.2, 0.25) is 5.91 Å². The largest absolute Gasteiger partial charge is 0.495 e. The molecule has 0 bridgehead atoms. The van der Waals surface area contributed by atoms with E-state index < -0.39 is 0 Å². The number of methoxy groups -OCH3 is 1. The minimum absolute atomic E-state index is 0.0446. The smallest absolute Gasteiger partial charge is 0.257 e. The Kier molecular flexibility index (Phi) is 6.51. The van der Waals surface area contributed by atoms with Crippen molar-refractivity contribution in [2.24, 2.45) is 0 Å². The minimum Gasteiger partial charge on any atom is -0.495 e. The number of rotatable bonds is 6. The fourth-order valence-corrected chi connectivity index (χ4v) is 3.36. The van der Waals surface area contributed by atoms with Crippen LogP contribution in [-0.2, 0) is 11.2 Å². The zero-order chi connectivity index (χ0) is 20.1. The van der Waals surface area contributed by atoms with Gasteiger partial charge in [0.05, 0.1) is 24.9 Å². The standard InChI is InChI=1S/C19H15Cl2N3O3S/c1-27-16-7-6-13(21)8-15(16)23-17(25)9-14-10-28-19(22-14)24-18(26)11-2-4-12(20)5-3-11/h2-8,10H,9H2,1H3,(H,23,25)(H,22,24,26). The van der Waals surface area contributed by atoms with Gasteiger partial charge in [-0.1, -0.05) is 23.2 Å². The lowest BCUT2D eigenvalue weighted by atomic mass is 10.2. The van der Waals surface area contributed by atoms with Gasteiger partial charge in [0.25, 0.3) is 5.91 Å². The van der Waals surface area contributed by atoms with Crippen molar-refractivity contribution in [1.29, 1.82) is 0 Å². The van der Waals surface area contributed by atoms with E-state index in [-0.39, 0.29) is 18.2 Å². The molecule has 0 aliphatic rings. The van der Waals surface area contributed by atoms with E-state index in [2.05, 4.69) is 15.6 Å². The van der Waals surface area contributed by atoms with Crippen LogP contribution in [0.15, 0.2) is 47.8 Å². The molecule has 2 amide bonds. The molecule has 0 radical (unpaired) electrons. The molecule has 0 saturated heterocycles. The predicted octanol–water partition coefficient (Wildman–Crippen LogP) is 4.89. The number of nitrogens with one attached hydrogen (secondary N) is 2. The van der Waals surface area contributed by atoms with Gasteiger partial charge in [-0.05, 0) is 42.5 Å². The minimum atomic E-state index is -0.300. The molecular weight excluding hydrogens is 421 g/mol. The van der Waals surface area contributed by atoms with E-state index in [1.54, 1.807) is 47.8 Å². The summed E-state index contributed by atoms with van der Waals surface area (Å²) in [5, 5.41) is 8.61. The van der Waals surface area contributed by atoms with E-state index in [0.717, 1.165) is 0 Å². The van der Waals surface area contributed by atoms with Gasteiger partial charge in [-0.25, -0.2) is 4.98 Å². The molecule has 1 aromatic heterocycles. The van der Waals surface area contributed by atoms with Crippen molar-refractivity contribution >= 4 is 57.2 Å². The number of aromatic nitrogens is 1. The lowest BCUT2D eigenvalue weighted by Crippen LogP contribution is -2.15. The highest BCUT2D eigenvalue weighted by Gasteiger charge is 2.13. The van der Waals surface area contributed by atoms with Gasteiger partial charge in [0, 0.05) is 21.0 Å². The van der Waals surface area contributed by atoms with Crippen LogP contribution >= 0.6 is 34.5 Å². The monoisotopic (exact) mass is 435 g/mol. The van der Waals surface area contributed by atoms with Crippen LogP contribution in [0.25, 0.3) is 0 Å². The van der Waals surface area contributed by atoms with Gasteiger partial charge in [0.1, 0.15) is 5.75 Å². The number of hydrogen-bond acceptors (Lipinski definition) is 5. The Morgan fingerprint density at radius 3 is 2.50 bits per heavy atom. The SMILES string of the molecule is COc1ccc(Cl)cc1NC(=O)Cc1csc(NC(=O)c2ccc(Cl)cc2)n1. The van der Waals surface area contributed by atoms with Crippen LogP contribution in [-0.4, -0.2) is 23.9 Å². The molecule has 0 atom stereocenters. The average Bonchev–Trinajstić information content (AvgIpc) is 3.09. The number of hydrogen-bond donors (Lipinski definition) is 2. The first-order valence-corrected chi connectivity index (χ1v) is 9.73. The fourth-order valence-electron chi connectivity index (χ4n) is 2.35. The Labute approximate surface area is 175 Å². The van der Waals surface area contributed by atoms with Crippen molar-refractivity contribution in [2.75, 3.05) is 17.7 Å². The molecule has 3 aromatic rings. The van der Waals surface area contributed by atoms with Crippen LogP contribution < -0.4 is 15.4 Å². The van der Waals surface area contributed by atoms with Crippen molar-refractivity contribution in [2.45, 2.75) is 6.42 Å². The summed E-state index contributed by atoms with van der Waals surface area (Å²) in [5.41, 5.74) is 1.48. The maximum absolute atomic E-state index is 12.3. The Bertz CT molecular complexity index is 1010. The molecule has 0 unspecified atom stereocenters. The van der Waals surface area contributed by atoms with E-state index >= 15 is 0 Å². The normalized spacial score (nSPS) is 10.4. The molecule has 1 heterocycles. The Balaban J connectivity index is 1.61. The second kappa shape index (κ2) is 9.05. The molecule has 6 nitrogen and oxygen atoms in total. The quantitative estimate of drug-likeness (QED) is 0.577. The number of nitrogens with zero attached hydrogens (tertiary/aromatic N) is 1. The summed E-state index contributed by atoms with van der Waals surface area (Å²) in [7, 11) is 1.51. The van der Waals surface area contributed by atoms with E-state index in [1.807, 2.05) is 0 Å². The van der Waals surface area contributed by atoms with E-state index in [1.165, 1.54) is 18.4 Å². The number of anilines is 2. The van der Waals surface area contributed by atoms with Crippen molar-refractivity contribution in [3.63, 3.8) is 0 Å². The van der Waals surface area contributed by atoms with Crippen LogP contribution in [0.1, 0.15) is 16.1 Å². The van der Waals surface area contributed by atoms with Crippen LogP contribution in [0.5, 0.6) is 5.75 Å². The van der Waals surface area contributed by atoms with Gasteiger partial charge >= 0.3 is 0 Å². The number of thiazole rings is 1. The van der Waals surface area contributed by atoms with Crippen molar-refractivity contribution in [3.8, 4) is 5.75 Å². The number of halogens is 2. The summed E-state index contributed by atoms with van der Waals surface area (Å²) in [4.78, 5) is 28.8. The zero-order valence-corrected chi connectivity index (χ0v) is 17.0. The highest BCUT2D eigenvalue weighted by atomic mass is 35.5. The molecule has 3 rings (SSSR count). The van der Waals surface area contributed by atoms with E-state index in [0.29, 0.717) is 37.9 Å². The first-order valence-electron chi connectivity index (χ1n) is 8.09. The maximum Gasteiger partial charge on any atom is 0.257 e. The van der Waals surface area contributed by atoms with E-state index in [4.69, 9.17) is 27.9 Å². The molecule has 9 heteroatoms. The highest BCUT2D eigenvalue weighted by Crippen LogP contribution is 2.28. The number of carbonyl (C=O) groups excluding carboxylic acids is 2. The first-order chi connectivity index (χ1) is 13.4. The van der Waals surface area contributed by atoms with Crippen LogP contribution in [0.3, 0.4) is 0 Å². The van der Waals surface area contributed by atoms with E-state index in [9.17, 15) is 9.59 Å². The van der Waals surface area contributed by atoms with Gasteiger partial charge in [-0.3, -0.25) is 14.9 Å². The molecule has 2 N–H and O–H groups in total. The Hall–Kier alpha value is -2.61. The summed E-state index contributed by atoms with van der Waals surface area (Å²) in [6, 6.07) is 11.5. The predicted molar refractivity (Wildman–Crippen MR) is 112 cm³/mol. The lowest BCUT2D eigenvalue weighted by Gasteiger charge is -2.10. The second-order valence-corrected chi connectivity index (χ2v) is 7.41. The number of ether oxygens (including phenoxy) is 1. The van der Waals surface area contributed by atoms with Gasteiger partial charge in [-0.15, -0.1) is 11.3 Å². The molecule has 0 saturated carbocycles. The molecule has 28 heavy (non-hydrogen) atoms. The average molecular weight is 436 g/mol. The number of benzene rings is 2. The van der Waals surface area contributed by atoms with Gasteiger partial charge in [0.15, 0.2) is 5.13 Å². The third kappa shape index (κ3) is 5.22. The fraction of sp³-hybridized carbons (Fsp3) is 0.105. The van der Waals surface area contributed by atoms with Crippen LogP contribution in [0.2, 0.25) is 10.0 Å². The lowest BCUT2D eigenvalue weighted by molar-refractivity contribution is -0.115. The van der Waals surface area contributed by atoms with Crippen LogP contribution in [0, 0.1) is 0 Å². The number of amides is 2. The third-order valence-corrected chi connectivity index (χ3v) is 4.95. The summed E-state index contributed by atoms with van der Waals surface area (Å²) in [5.74, 6) is -0.0703. The Morgan fingerprint density at radius 1 is 1.07 bits per heavy atom. The van der Waals surface area contributed by atoms with Crippen molar-refractivity contribution in [1.82, 2.24) is 4.98 Å².